The molecule has 0 radical (unpaired) electrons. The van der Waals surface area contributed by atoms with Gasteiger partial charge in [-0.25, -0.2) is 4.68 Å². The summed E-state index contributed by atoms with van der Waals surface area (Å²) in [6, 6.07) is 7.89. The zero-order valence-electron chi connectivity index (χ0n) is 8.66. The quantitative estimate of drug-likeness (QED) is 0.862. The van der Waals surface area contributed by atoms with Crippen LogP contribution in [0.25, 0.3) is 5.69 Å². The number of benzene rings is 1. The summed E-state index contributed by atoms with van der Waals surface area (Å²) in [7, 11) is 0. The molecule has 0 aliphatic rings. The third-order valence-electron chi connectivity index (χ3n) is 2.37. The number of rotatable bonds is 1. The highest BCUT2D eigenvalue weighted by Crippen LogP contribution is 2.23. The van der Waals surface area contributed by atoms with Crippen molar-refractivity contribution in [2.24, 2.45) is 0 Å². The molecule has 0 bridgehead atoms. The van der Waals surface area contributed by atoms with E-state index in [1.165, 1.54) is 0 Å². The summed E-state index contributed by atoms with van der Waals surface area (Å²) >= 11 is 3.50. The summed E-state index contributed by atoms with van der Waals surface area (Å²) < 4.78 is 2.93. The molecule has 0 aliphatic carbocycles. The van der Waals surface area contributed by atoms with E-state index in [9.17, 15) is 0 Å². The molecule has 2 N–H and O–H groups in total. The summed E-state index contributed by atoms with van der Waals surface area (Å²) in [4.78, 5) is 0. The minimum absolute atomic E-state index is 0.548. The van der Waals surface area contributed by atoms with Gasteiger partial charge in [-0.05, 0) is 31.5 Å². The fraction of sp³-hybridized carbons (Fsp3) is 0.182. The highest BCUT2D eigenvalue weighted by atomic mass is 79.9. The zero-order chi connectivity index (χ0) is 11.0. The molecular formula is C11H12BrN3. The average molecular weight is 266 g/mol. The molecule has 0 spiro atoms. The summed E-state index contributed by atoms with van der Waals surface area (Å²) in [5.41, 5.74) is 8.91. The van der Waals surface area contributed by atoms with Crippen molar-refractivity contribution in [3.63, 3.8) is 0 Å². The molecule has 0 fully saturated rings. The van der Waals surface area contributed by atoms with Crippen molar-refractivity contribution in [2.75, 3.05) is 5.73 Å². The molecule has 2 aromatic rings. The molecular weight excluding hydrogens is 254 g/mol. The molecule has 3 nitrogen and oxygen atoms in total. The van der Waals surface area contributed by atoms with Crippen molar-refractivity contribution in [1.82, 2.24) is 9.78 Å². The minimum atomic E-state index is 0.548. The van der Waals surface area contributed by atoms with Gasteiger partial charge >= 0.3 is 0 Å². The third kappa shape index (κ3) is 1.77. The van der Waals surface area contributed by atoms with Crippen molar-refractivity contribution in [1.29, 1.82) is 0 Å². The topological polar surface area (TPSA) is 43.8 Å². The highest BCUT2D eigenvalue weighted by Gasteiger charge is 2.08. The first-order valence-electron chi connectivity index (χ1n) is 4.67. The standard InChI is InChI=1S/C11H12BrN3/c1-7-6-11(13)14-15(7)10-5-3-4-9(12)8(10)2/h3-6H,1-2H3,(H2,13,14). The number of anilines is 1. The van der Waals surface area contributed by atoms with Gasteiger partial charge in [0.15, 0.2) is 0 Å². The van der Waals surface area contributed by atoms with E-state index in [0.29, 0.717) is 5.82 Å². The Morgan fingerprint density at radius 1 is 1.33 bits per heavy atom. The molecule has 1 heterocycles. The van der Waals surface area contributed by atoms with Crippen LogP contribution in [0.4, 0.5) is 5.82 Å². The normalized spacial score (nSPS) is 10.6. The highest BCUT2D eigenvalue weighted by molar-refractivity contribution is 9.10. The molecule has 15 heavy (non-hydrogen) atoms. The Morgan fingerprint density at radius 2 is 2.07 bits per heavy atom. The number of hydrogen-bond donors (Lipinski definition) is 1. The molecule has 4 heteroatoms. The summed E-state index contributed by atoms with van der Waals surface area (Å²) in [5, 5.41) is 4.26. The lowest BCUT2D eigenvalue weighted by atomic mass is 10.2. The van der Waals surface area contributed by atoms with Crippen molar-refractivity contribution < 1.29 is 0 Å². The van der Waals surface area contributed by atoms with E-state index in [1.807, 2.05) is 35.9 Å². The Balaban J connectivity index is 2.64. The maximum absolute atomic E-state index is 5.66. The van der Waals surface area contributed by atoms with E-state index in [-0.39, 0.29) is 0 Å². The second kappa shape index (κ2) is 3.70. The predicted octanol–water partition coefficient (Wildman–Crippen LogP) is 2.83. The molecule has 0 amide bonds. The molecule has 0 unspecified atom stereocenters. The SMILES string of the molecule is Cc1c(Br)cccc1-n1nc(N)cc1C. The van der Waals surface area contributed by atoms with Crippen LogP contribution in [0, 0.1) is 13.8 Å². The second-order valence-electron chi connectivity index (χ2n) is 3.51. The van der Waals surface area contributed by atoms with E-state index in [1.54, 1.807) is 0 Å². The Labute approximate surface area is 97.0 Å². The van der Waals surface area contributed by atoms with Gasteiger partial charge in [0.2, 0.25) is 0 Å². The van der Waals surface area contributed by atoms with Crippen molar-refractivity contribution in [3.8, 4) is 5.69 Å². The van der Waals surface area contributed by atoms with Gasteiger partial charge in [0.25, 0.3) is 0 Å². The summed E-state index contributed by atoms with van der Waals surface area (Å²) in [5.74, 6) is 0.548. The van der Waals surface area contributed by atoms with Crippen LogP contribution < -0.4 is 5.73 Å². The summed E-state index contributed by atoms with van der Waals surface area (Å²) in [6.07, 6.45) is 0. The second-order valence-corrected chi connectivity index (χ2v) is 4.36. The Morgan fingerprint density at radius 3 is 2.67 bits per heavy atom. The van der Waals surface area contributed by atoms with Crippen LogP contribution in [-0.4, -0.2) is 9.78 Å². The fourth-order valence-electron chi connectivity index (χ4n) is 1.57. The number of nitrogens with zero attached hydrogens (tertiary/aromatic N) is 2. The van der Waals surface area contributed by atoms with Gasteiger partial charge in [-0.3, -0.25) is 0 Å². The summed E-state index contributed by atoms with van der Waals surface area (Å²) in [6.45, 7) is 4.04. The lowest BCUT2D eigenvalue weighted by Crippen LogP contribution is -2.02. The van der Waals surface area contributed by atoms with Crippen molar-refractivity contribution in [2.45, 2.75) is 13.8 Å². The molecule has 0 aliphatic heterocycles. The number of hydrogen-bond acceptors (Lipinski definition) is 2. The van der Waals surface area contributed by atoms with Crippen molar-refractivity contribution >= 4 is 21.7 Å². The zero-order valence-corrected chi connectivity index (χ0v) is 10.2. The average Bonchev–Trinajstić information content (AvgIpc) is 2.50. The smallest absolute Gasteiger partial charge is 0.146 e. The molecule has 1 aromatic carbocycles. The van der Waals surface area contributed by atoms with Gasteiger partial charge in [0.05, 0.1) is 5.69 Å². The minimum Gasteiger partial charge on any atom is -0.382 e. The molecule has 0 saturated carbocycles. The molecule has 2 rings (SSSR count). The fourth-order valence-corrected chi connectivity index (χ4v) is 1.92. The van der Waals surface area contributed by atoms with E-state index < -0.39 is 0 Å². The van der Waals surface area contributed by atoms with Gasteiger partial charge in [-0.15, -0.1) is 0 Å². The lowest BCUT2D eigenvalue weighted by molar-refractivity contribution is 0.843. The largest absolute Gasteiger partial charge is 0.382 e. The molecule has 78 valence electrons. The van der Waals surface area contributed by atoms with Crippen LogP contribution in [0.1, 0.15) is 11.3 Å². The van der Waals surface area contributed by atoms with Crippen molar-refractivity contribution in [3.05, 3.63) is 40.0 Å². The van der Waals surface area contributed by atoms with Crippen LogP contribution in [0.2, 0.25) is 0 Å². The third-order valence-corrected chi connectivity index (χ3v) is 3.23. The lowest BCUT2D eigenvalue weighted by Gasteiger charge is -2.08. The first-order chi connectivity index (χ1) is 7.09. The Bertz CT molecular complexity index is 503. The number of nitrogen functional groups attached to an aromatic ring is 1. The number of halogens is 1. The molecule has 0 atom stereocenters. The number of aryl methyl sites for hydroxylation is 1. The van der Waals surface area contributed by atoms with Gasteiger partial charge in [0.1, 0.15) is 5.82 Å². The van der Waals surface area contributed by atoms with Crippen LogP contribution >= 0.6 is 15.9 Å². The van der Waals surface area contributed by atoms with E-state index in [4.69, 9.17) is 5.73 Å². The van der Waals surface area contributed by atoms with Gasteiger partial charge in [-0.1, -0.05) is 22.0 Å². The predicted molar refractivity (Wildman–Crippen MR) is 65.2 cm³/mol. The molecule has 1 aromatic heterocycles. The monoisotopic (exact) mass is 265 g/mol. The molecule has 0 saturated heterocycles. The van der Waals surface area contributed by atoms with Crippen LogP contribution in [0.15, 0.2) is 28.7 Å². The number of aromatic nitrogens is 2. The number of nitrogens with two attached hydrogens (primary N) is 1. The van der Waals surface area contributed by atoms with Gasteiger partial charge in [-0.2, -0.15) is 5.10 Å². The Hall–Kier alpha value is -1.29. The maximum atomic E-state index is 5.66. The first-order valence-corrected chi connectivity index (χ1v) is 5.46. The van der Waals surface area contributed by atoms with Gasteiger partial charge in [0, 0.05) is 16.2 Å². The van der Waals surface area contributed by atoms with Crippen LogP contribution in [0.3, 0.4) is 0 Å². The van der Waals surface area contributed by atoms with E-state index >= 15 is 0 Å². The Kier molecular flexibility index (Phi) is 2.52. The maximum Gasteiger partial charge on any atom is 0.146 e. The van der Waals surface area contributed by atoms with Crippen LogP contribution in [0.5, 0.6) is 0 Å². The van der Waals surface area contributed by atoms with Crippen LogP contribution in [-0.2, 0) is 0 Å². The van der Waals surface area contributed by atoms with E-state index in [0.717, 1.165) is 21.4 Å². The van der Waals surface area contributed by atoms with Gasteiger partial charge < -0.3 is 5.73 Å². The van der Waals surface area contributed by atoms with E-state index in [2.05, 4.69) is 28.0 Å². The first kappa shape index (κ1) is 10.2.